The molecule has 1 fully saturated rings. The topological polar surface area (TPSA) is 56.5 Å². The van der Waals surface area contributed by atoms with Crippen molar-refractivity contribution in [1.82, 2.24) is 0 Å². The van der Waals surface area contributed by atoms with Crippen LogP contribution in [0.3, 0.4) is 0 Å². The summed E-state index contributed by atoms with van der Waals surface area (Å²) in [6.45, 7) is 1.21. The summed E-state index contributed by atoms with van der Waals surface area (Å²) in [7, 11) is 0. The van der Waals surface area contributed by atoms with Gasteiger partial charge in [0.2, 0.25) is 0 Å². The number of ether oxygens (including phenoxy) is 2. The fourth-order valence-corrected chi connectivity index (χ4v) is 2.70. The van der Waals surface area contributed by atoms with Gasteiger partial charge >= 0.3 is 0 Å². The number of hydrogen-bond donors (Lipinski definition) is 2. The lowest BCUT2D eigenvalue weighted by molar-refractivity contribution is 0.172. The summed E-state index contributed by atoms with van der Waals surface area (Å²) in [6, 6.07) is 4.38. The molecule has 1 aliphatic carbocycles. The van der Waals surface area contributed by atoms with E-state index in [1.165, 1.54) is 32.1 Å². The average Bonchev–Trinajstić information content (AvgIpc) is 2.41. The van der Waals surface area contributed by atoms with E-state index in [1.807, 2.05) is 12.1 Å². The van der Waals surface area contributed by atoms with Crippen LogP contribution < -0.4 is 20.5 Å². The molecule has 0 amide bonds. The fourth-order valence-electron chi connectivity index (χ4n) is 2.70. The smallest absolute Gasteiger partial charge is 0.163 e. The molecule has 3 rings (SSSR count). The number of rotatable bonds is 2. The van der Waals surface area contributed by atoms with E-state index in [1.54, 1.807) is 0 Å². The van der Waals surface area contributed by atoms with E-state index in [0.29, 0.717) is 19.3 Å². The molecule has 3 N–H and O–H groups in total. The van der Waals surface area contributed by atoms with Gasteiger partial charge < -0.3 is 20.5 Å². The summed E-state index contributed by atoms with van der Waals surface area (Å²) in [5.41, 5.74) is 7.78. The Kier molecular flexibility index (Phi) is 3.17. The maximum Gasteiger partial charge on any atom is 0.163 e. The van der Waals surface area contributed by atoms with E-state index in [9.17, 15) is 0 Å². The maximum absolute atomic E-state index is 6.06. The number of benzene rings is 1. The van der Waals surface area contributed by atoms with E-state index in [4.69, 9.17) is 15.2 Å². The van der Waals surface area contributed by atoms with Crippen LogP contribution in [0, 0.1) is 0 Å². The first-order chi connectivity index (χ1) is 8.83. The van der Waals surface area contributed by atoms with Gasteiger partial charge in [0.05, 0.1) is 11.4 Å². The molecule has 1 aliphatic heterocycles. The monoisotopic (exact) mass is 248 g/mol. The molecule has 1 aromatic rings. The van der Waals surface area contributed by atoms with Crippen LogP contribution in [0.25, 0.3) is 0 Å². The highest BCUT2D eigenvalue weighted by molar-refractivity contribution is 5.72. The molecule has 0 aromatic heterocycles. The highest BCUT2D eigenvalue weighted by Crippen LogP contribution is 2.37. The van der Waals surface area contributed by atoms with Crippen molar-refractivity contribution >= 4 is 11.4 Å². The van der Waals surface area contributed by atoms with Gasteiger partial charge in [-0.05, 0) is 12.8 Å². The van der Waals surface area contributed by atoms with Crippen LogP contribution in [-0.2, 0) is 0 Å². The third kappa shape index (κ3) is 2.33. The molecule has 0 unspecified atom stereocenters. The van der Waals surface area contributed by atoms with Crippen LogP contribution in [0.15, 0.2) is 12.1 Å². The lowest BCUT2D eigenvalue weighted by Crippen LogP contribution is -2.23. The maximum atomic E-state index is 6.06. The van der Waals surface area contributed by atoms with Crippen molar-refractivity contribution in [3.05, 3.63) is 12.1 Å². The van der Waals surface area contributed by atoms with Gasteiger partial charge in [-0.3, -0.25) is 0 Å². The van der Waals surface area contributed by atoms with Gasteiger partial charge in [-0.15, -0.1) is 0 Å². The summed E-state index contributed by atoms with van der Waals surface area (Å²) in [4.78, 5) is 0. The van der Waals surface area contributed by atoms with Crippen molar-refractivity contribution < 1.29 is 9.47 Å². The molecule has 0 saturated heterocycles. The highest BCUT2D eigenvalue weighted by Gasteiger charge is 2.18. The van der Waals surface area contributed by atoms with E-state index in [2.05, 4.69) is 5.32 Å². The highest BCUT2D eigenvalue weighted by atomic mass is 16.6. The van der Waals surface area contributed by atoms with Crippen LogP contribution >= 0.6 is 0 Å². The molecule has 18 heavy (non-hydrogen) atoms. The zero-order valence-electron chi connectivity index (χ0n) is 10.6. The molecule has 0 bridgehead atoms. The minimum atomic E-state index is 0.545. The first-order valence-corrected chi connectivity index (χ1v) is 6.78. The van der Waals surface area contributed by atoms with Gasteiger partial charge in [-0.2, -0.15) is 0 Å². The van der Waals surface area contributed by atoms with Crippen molar-refractivity contribution in [3.63, 3.8) is 0 Å². The van der Waals surface area contributed by atoms with Crippen LogP contribution in [0.4, 0.5) is 11.4 Å². The summed E-state index contributed by atoms with van der Waals surface area (Å²) in [5, 5.41) is 3.54. The van der Waals surface area contributed by atoms with Crippen LogP contribution in [0.2, 0.25) is 0 Å². The van der Waals surface area contributed by atoms with Crippen LogP contribution in [0.5, 0.6) is 11.5 Å². The van der Waals surface area contributed by atoms with Gasteiger partial charge in [-0.1, -0.05) is 19.3 Å². The zero-order valence-corrected chi connectivity index (χ0v) is 10.6. The molecule has 1 saturated carbocycles. The number of hydrogen-bond acceptors (Lipinski definition) is 4. The summed E-state index contributed by atoms with van der Waals surface area (Å²) in [5.74, 6) is 1.56. The Hall–Kier alpha value is -1.58. The van der Waals surface area contributed by atoms with Gasteiger partial charge in [-0.25, -0.2) is 0 Å². The van der Waals surface area contributed by atoms with Crippen molar-refractivity contribution in [1.29, 1.82) is 0 Å². The van der Waals surface area contributed by atoms with E-state index in [0.717, 1.165) is 22.9 Å². The van der Waals surface area contributed by atoms with Crippen molar-refractivity contribution in [2.45, 2.75) is 38.1 Å². The molecule has 98 valence electrons. The standard InChI is InChI=1S/C14H20N2O2/c15-11-8-13-14(18-7-6-17-13)9-12(11)16-10-4-2-1-3-5-10/h8-10,16H,1-7,15H2. The molecule has 1 aromatic carbocycles. The van der Waals surface area contributed by atoms with Crippen LogP contribution in [0.1, 0.15) is 32.1 Å². The Morgan fingerprint density at radius 1 is 1.00 bits per heavy atom. The zero-order chi connectivity index (χ0) is 12.4. The largest absolute Gasteiger partial charge is 0.486 e. The minimum Gasteiger partial charge on any atom is -0.486 e. The third-order valence-corrected chi connectivity index (χ3v) is 3.68. The Labute approximate surface area is 107 Å². The molecular weight excluding hydrogens is 228 g/mol. The molecule has 2 aliphatic rings. The average molecular weight is 248 g/mol. The van der Waals surface area contributed by atoms with Gasteiger partial charge in [0.25, 0.3) is 0 Å². The second-order valence-corrected chi connectivity index (χ2v) is 5.06. The van der Waals surface area contributed by atoms with E-state index < -0.39 is 0 Å². The molecule has 4 nitrogen and oxygen atoms in total. The lowest BCUT2D eigenvalue weighted by Gasteiger charge is -2.26. The van der Waals surface area contributed by atoms with Gasteiger partial charge in [0.15, 0.2) is 11.5 Å². The van der Waals surface area contributed by atoms with Crippen molar-refractivity contribution in [3.8, 4) is 11.5 Å². The molecule has 4 heteroatoms. The lowest BCUT2D eigenvalue weighted by atomic mass is 9.95. The fraction of sp³-hybridized carbons (Fsp3) is 0.571. The van der Waals surface area contributed by atoms with Crippen LogP contribution in [-0.4, -0.2) is 19.3 Å². The normalized spacial score (nSPS) is 19.6. The second kappa shape index (κ2) is 4.96. The summed E-state index contributed by atoms with van der Waals surface area (Å²) >= 11 is 0. The predicted octanol–water partition coefficient (Wildman–Crippen LogP) is 2.78. The summed E-state index contributed by atoms with van der Waals surface area (Å²) in [6.07, 6.45) is 6.43. The number of nitrogen functional groups attached to an aromatic ring is 1. The Morgan fingerprint density at radius 2 is 1.67 bits per heavy atom. The second-order valence-electron chi connectivity index (χ2n) is 5.06. The first-order valence-electron chi connectivity index (χ1n) is 6.78. The molecule has 0 atom stereocenters. The van der Waals surface area contributed by atoms with Gasteiger partial charge in [0.1, 0.15) is 13.2 Å². The number of nitrogens with one attached hydrogen (secondary N) is 1. The molecule has 0 spiro atoms. The Bertz CT molecular complexity index is 428. The predicted molar refractivity (Wildman–Crippen MR) is 72.3 cm³/mol. The first kappa shape index (κ1) is 11.5. The third-order valence-electron chi connectivity index (χ3n) is 3.68. The van der Waals surface area contributed by atoms with Crippen molar-refractivity contribution in [2.24, 2.45) is 0 Å². The SMILES string of the molecule is Nc1cc2c(cc1NC1CCCCC1)OCCO2. The van der Waals surface area contributed by atoms with E-state index in [-0.39, 0.29) is 0 Å². The van der Waals surface area contributed by atoms with Crippen molar-refractivity contribution in [2.75, 3.05) is 24.3 Å². The van der Waals surface area contributed by atoms with Gasteiger partial charge in [0, 0.05) is 18.2 Å². The minimum absolute atomic E-state index is 0.545. The number of fused-ring (bicyclic) bond motifs is 1. The molecule has 1 heterocycles. The number of anilines is 2. The Morgan fingerprint density at radius 3 is 2.39 bits per heavy atom. The quantitative estimate of drug-likeness (QED) is 0.790. The molecular formula is C14H20N2O2. The Balaban J connectivity index is 1.78. The van der Waals surface area contributed by atoms with E-state index >= 15 is 0 Å². The molecule has 0 radical (unpaired) electrons. The number of nitrogens with two attached hydrogens (primary N) is 1. The summed E-state index contributed by atoms with van der Waals surface area (Å²) < 4.78 is 11.1.